The van der Waals surface area contributed by atoms with Crippen molar-refractivity contribution < 1.29 is 32.2 Å². The Morgan fingerprint density at radius 1 is 1.30 bits per heavy atom. The van der Waals surface area contributed by atoms with E-state index in [0.29, 0.717) is 31.0 Å². The number of esters is 1. The predicted molar refractivity (Wildman–Crippen MR) is 90.6 cm³/mol. The second-order valence-electron chi connectivity index (χ2n) is 5.88. The summed E-state index contributed by atoms with van der Waals surface area (Å²) in [7, 11) is 0. The number of ether oxygens (including phenoxy) is 2. The van der Waals surface area contributed by atoms with Crippen LogP contribution in [-0.4, -0.2) is 55.6 Å². The van der Waals surface area contributed by atoms with Crippen LogP contribution in [0.1, 0.15) is 19.3 Å². The molecule has 1 aromatic heterocycles. The van der Waals surface area contributed by atoms with Gasteiger partial charge < -0.3 is 19.7 Å². The van der Waals surface area contributed by atoms with Gasteiger partial charge in [0, 0.05) is 38.7 Å². The molecule has 0 radical (unpaired) electrons. The molecule has 150 valence electrons. The Kier molecular flexibility index (Phi) is 7.52. The summed E-state index contributed by atoms with van der Waals surface area (Å²) in [5, 5.41) is 2.62. The lowest BCUT2D eigenvalue weighted by atomic mass is 10.1. The van der Waals surface area contributed by atoms with Crippen LogP contribution < -0.4 is 10.2 Å². The number of alkyl carbamates (subject to hydrolysis) is 1. The predicted octanol–water partition coefficient (Wildman–Crippen LogP) is 2.93. The molecule has 0 spiro atoms. The van der Waals surface area contributed by atoms with Crippen LogP contribution in [0.3, 0.4) is 0 Å². The summed E-state index contributed by atoms with van der Waals surface area (Å²) in [6.07, 6.45) is -3.42. The number of aromatic nitrogens is 1. The van der Waals surface area contributed by atoms with Crippen molar-refractivity contribution >= 4 is 29.5 Å². The highest BCUT2D eigenvalue weighted by molar-refractivity contribution is 6.30. The van der Waals surface area contributed by atoms with Gasteiger partial charge in [-0.25, -0.2) is 9.78 Å². The lowest BCUT2D eigenvalue weighted by Gasteiger charge is -2.32. The molecular weight excluding hydrogens is 391 g/mol. The SMILES string of the molecule is O=C(CCNC(=O)OCC(F)(F)F)OC1CCN(c2ccc(Cl)cn2)CC1. The second kappa shape index (κ2) is 9.63. The van der Waals surface area contributed by atoms with Crippen LogP contribution in [0.5, 0.6) is 0 Å². The van der Waals surface area contributed by atoms with Crippen molar-refractivity contribution in [3.8, 4) is 0 Å². The Balaban J connectivity index is 1.61. The van der Waals surface area contributed by atoms with Gasteiger partial charge >= 0.3 is 18.2 Å². The highest BCUT2D eigenvalue weighted by Gasteiger charge is 2.29. The van der Waals surface area contributed by atoms with Crippen LogP contribution in [0.15, 0.2) is 18.3 Å². The number of pyridine rings is 1. The van der Waals surface area contributed by atoms with Crippen LogP contribution in [-0.2, 0) is 14.3 Å². The van der Waals surface area contributed by atoms with E-state index in [1.165, 1.54) is 0 Å². The average molecular weight is 410 g/mol. The number of rotatable bonds is 6. The first kappa shape index (κ1) is 21.1. The smallest absolute Gasteiger partial charge is 0.422 e. The molecule has 1 saturated heterocycles. The molecule has 11 heteroatoms. The first-order valence-corrected chi connectivity index (χ1v) is 8.64. The Bertz CT molecular complexity index is 635. The molecule has 1 aliphatic heterocycles. The molecule has 1 N–H and O–H groups in total. The van der Waals surface area contributed by atoms with Crippen LogP contribution in [0, 0.1) is 0 Å². The first-order valence-electron chi connectivity index (χ1n) is 8.26. The Hall–Kier alpha value is -2.23. The highest BCUT2D eigenvalue weighted by atomic mass is 35.5. The van der Waals surface area contributed by atoms with Crippen molar-refractivity contribution in [1.29, 1.82) is 0 Å². The van der Waals surface area contributed by atoms with Gasteiger partial charge in [0.25, 0.3) is 0 Å². The lowest BCUT2D eigenvalue weighted by Crippen LogP contribution is -2.38. The summed E-state index contributed by atoms with van der Waals surface area (Å²) in [6, 6.07) is 3.57. The van der Waals surface area contributed by atoms with Crippen molar-refractivity contribution in [2.45, 2.75) is 31.5 Å². The summed E-state index contributed by atoms with van der Waals surface area (Å²) in [6.45, 7) is -0.517. The number of nitrogens with one attached hydrogen (secondary N) is 1. The Morgan fingerprint density at radius 3 is 2.59 bits per heavy atom. The fourth-order valence-corrected chi connectivity index (χ4v) is 2.58. The number of piperidine rings is 1. The Morgan fingerprint density at radius 2 is 2.00 bits per heavy atom. The van der Waals surface area contributed by atoms with E-state index in [2.05, 4.69) is 19.9 Å². The zero-order chi connectivity index (χ0) is 19.9. The minimum atomic E-state index is -4.59. The fraction of sp³-hybridized carbons (Fsp3) is 0.562. The van der Waals surface area contributed by atoms with Gasteiger partial charge in [-0.15, -0.1) is 0 Å². The van der Waals surface area contributed by atoms with Gasteiger partial charge in [-0.1, -0.05) is 11.6 Å². The third-order valence-electron chi connectivity index (χ3n) is 3.74. The van der Waals surface area contributed by atoms with Crippen molar-refractivity contribution in [3.63, 3.8) is 0 Å². The standard InChI is InChI=1S/C16H19ClF3N3O4/c17-11-1-2-13(22-9-11)23-7-4-12(5-8-23)27-14(24)3-6-21-15(25)26-10-16(18,19)20/h1-2,9,12H,3-8,10H2,(H,21,25). The number of alkyl halides is 3. The van der Waals surface area contributed by atoms with Crippen LogP contribution in [0.4, 0.5) is 23.8 Å². The van der Waals surface area contributed by atoms with E-state index < -0.39 is 24.8 Å². The minimum Gasteiger partial charge on any atom is -0.462 e. The van der Waals surface area contributed by atoms with Crippen LogP contribution >= 0.6 is 11.6 Å². The molecule has 1 aromatic rings. The molecule has 0 bridgehead atoms. The van der Waals surface area contributed by atoms with E-state index in [-0.39, 0.29) is 19.1 Å². The molecule has 2 rings (SSSR count). The van der Waals surface area contributed by atoms with Gasteiger partial charge in [0.1, 0.15) is 11.9 Å². The first-order chi connectivity index (χ1) is 12.7. The maximum absolute atomic E-state index is 11.9. The third-order valence-corrected chi connectivity index (χ3v) is 3.96. The van der Waals surface area contributed by atoms with E-state index in [1.807, 2.05) is 6.07 Å². The molecule has 0 saturated carbocycles. The lowest BCUT2D eigenvalue weighted by molar-refractivity contribution is -0.160. The molecule has 0 aromatic carbocycles. The Labute approximate surface area is 158 Å². The van der Waals surface area contributed by atoms with Gasteiger partial charge in [-0.2, -0.15) is 13.2 Å². The number of carbonyl (C=O) groups is 2. The maximum Gasteiger partial charge on any atom is 0.422 e. The van der Waals surface area contributed by atoms with Gasteiger partial charge in [-0.05, 0) is 12.1 Å². The number of halogens is 4. The van der Waals surface area contributed by atoms with Crippen molar-refractivity contribution in [3.05, 3.63) is 23.4 Å². The number of carbonyl (C=O) groups excluding carboxylic acids is 2. The van der Waals surface area contributed by atoms with E-state index in [9.17, 15) is 22.8 Å². The number of anilines is 1. The summed E-state index contributed by atoms with van der Waals surface area (Å²) in [5.74, 6) is 0.264. The molecule has 1 fully saturated rings. The molecule has 1 amide bonds. The zero-order valence-corrected chi connectivity index (χ0v) is 15.1. The van der Waals surface area contributed by atoms with Crippen LogP contribution in [0.2, 0.25) is 5.02 Å². The van der Waals surface area contributed by atoms with E-state index in [4.69, 9.17) is 16.3 Å². The van der Waals surface area contributed by atoms with E-state index in [0.717, 1.165) is 5.82 Å². The third kappa shape index (κ3) is 7.90. The van der Waals surface area contributed by atoms with E-state index >= 15 is 0 Å². The van der Waals surface area contributed by atoms with Crippen molar-refractivity contribution in [2.75, 3.05) is 31.1 Å². The number of nitrogens with zero attached hydrogens (tertiary/aromatic N) is 2. The molecule has 1 aliphatic rings. The fourth-order valence-electron chi connectivity index (χ4n) is 2.47. The van der Waals surface area contributed by atoms with Gasteiger partial charge in [0.05, 0.1) is 11.4 Å². The molecule has 0 unspecified atom stereocenters. The molecular formula is C16H19ClF3N3O4. The highest BCUT2D eigenvalue weighted by Crippen LogP contribution is 2.21. The van der Waals surface area contributed by atoms with Gasteiger partial charge in [0.15, 0.2) is 6.61 Å². The molecule has 0 atom stereocenters. The summed E-state index contributed by atoms with van der Waals surface area (Å²) < 4.78 is 44.9. The number of hydrogen-bond donors (Lipinski definition) is 1. The van der Waals surface area contributed by atoms with E-state index in [1.54, 1.807) is 12.3 Å². The minimum absolute atomic E-state index is 0.153. The molecule has 0 aliphatic carbocycles. The van der Waals surface area contributed by atoms with Gasteiger partial charge in [-0.3, -0.25) is 4.79 Å². The molecule has 27 heavy (non-hydrogen) atoms. The quantitative estimate of drug-likeness (QED) is 0.728. The zero-order valence-electron chi connectivity index (χ0n) is 14.3. The molecule has 7 nitrogen and oxygen atoms in total. The number of hydrogen-bond acceptors (Lipinski definition) is 6. The average Bonchev–Trinajstić information content (AvgIpc) is 2.61. The summed E-state index contributed by atoms with van der Waals surface area (Å²) in [5.41, 5.74) is 0. The summed E-state index contributed by atoms with van der Waals surface area (Å²) >= 11 is 5.81. The maximum atomic E-state index is 11.9. The number of amides is 1. The normalized spacial score (nSPS) is 15.3. The topological polar surface area (TPSA) is 80.8 Å². The monoisotopic (exact) mass is 409 g/mol. The van der Waals surface area contributed by atoms with Crippen molar-refractivity contribution in [1.82, 2.24) is 10.3 Å². The van der Waals surface area contributed by atoms with Crippen molar-refractivity contribution in [2.24, 2.45) is 0 Å². The second-order valence-corrected chi connectivity index (χ2v) is 6.32. The molecule has 2 heterocycles. The summed E-state index contributed by atoms with van der Waals surface area (Å²) in [4.78, 5) is 29.1. The van der Waals surface area contributed by atoms with Gasteiger partial charge in [0.2, 0.25) is 0 Å². The largest absolute Gasteiger partial charge is 0.462 e. The van der Waals surface area contributed by atoms with Crippen LogP contribution in [0.25, 0.3) is 0 Å².